The number of carbonyl (C=O) groups is 1. The Bertz CT molecular complexity index is 358. The highest BCUT2D eigenvalue weighted by Gasteiger charge is 2.06. The summed E-state index contributed by atoms with van der Waals surface area (Å²) in [6, 6.07) is 1.71. The van der Waals surface area contributed by atoms with Crippen LogP contribution in [0.2, 0.25) is 0 Å². The monoisotopic (exact) mass is 209 g/mol. The van der Waals surface area contributed by atoms with Crippen LogP contribution in [0.1, 0.15) is 0 Å². The van der Waals surface area contributed by atoms with Crippen molar-refractivity contribution in [3.8, 4) is 0 Å². The van der Waals surface area contributed by atoms with Crippen LogP contribution in [0.25, 0.3) is 0 Å². The predicted octanol–water partition coefficient (Wildman–Crippen LogP) is 2.33. The van der Waals surface area contributed by atoms with Crippen LogP contribution >= 0.6 is 11.8 Å². The SMILES string of the molecule is O=C(Nc1ncc[nH]1)Sc1ccoc1. The van der Waals surface area contributed by atoms with E-state index in [1.54, 1.807) is 18.5 Å². The first-order valence-electron chi connectivity index (χ1n) is 3.85. The van der Waals surface area contributed by atoms with Crippen molar-refractivity contribution >= 4 is 22.9 Å². The van der Waals surface area contributed by atoms with Gasteiger partial charge in [-0.25, -0.2) is 4.98 Å². The van der Waals surface area contributed by atoms with Crippen molar-refractivity contribution in [2.45, 2.75) is 4.90 Å². The lowest BCUT2D eigenvalue weighted by molar-refractivity contribution is 0.269. The zero-order valence-corrected chi connectivity index (χ0v) is 7.88. The molecule has 2 aromatic rings. The third-order valence-electron chi connectivity index (χ3n) is 1.42. The Balaban J connectivity index is 1.91. The molecule has 0 aromatic carbocycles. The summed E-state index contributed by atoms with van der Waals surface area (Å²) in [7, 11) is 0. The van der Waals surface area contributed by atoms with Gasteiger partial charge in [-0.05, 0) is 17.8 Å². The number of hydrogen-bond donors (Lipinski definition) is 2. The number of anilines is 1. The maximum Gasteiger partial charge on any atom is 0.290 e. The van der Waals surface area contributed by atoms with Crippen LogP contribution in [0, 0.1) is 0 Å². The van der Waals surface area contributed by atoms with Crippen LogP contribution in [-0.2, 0) is 0 Å². The minimum Gasteiger partial charge on any atom is -0.471 e. The lowest BCUT2D eigenvalue weighted by atomic mass is 10.7. The molecular formula is C8H7N3O2S. The quantitative estimate of drug-likeness (QED) is 0.744. The van der Waals surface area contributed by atoms with Gasteiger partial charge in [-0.1, -0.05) is 0 Å². The van der Waals surface area contributed by atoms with Gasteiger partial charge in [-0.3, -0.25) is 10.1 Å². The van der Waals surface area contributed by atoms with E-state index in [1.807, 2.05) is 0 Å². The minimum atomic E-state index is -0.207. The van der Waals surface area contributed by atoms with Crippen molar-refractivity contribution in [1.82, 2.24) is 9.97 Å². The van der Waals surface area contributed by atoms with E-state index in [1.165, 1.54) is 12.5 Å². The van der Waals surface area contributed by atoms with E-state index in [4.69, 9.17) is 4.42 Å². The number of amides is 1. The number of hydrogen-bond acceptors (Lipinski definition) is 4. The maximum atomic E-state index is 11.3. The molecular weight excluding hydrogens is 202 g/mol. The molecule has 0 aliphatic heterocycles. The zero-order chi connectivity index (χ0) is 9.80. The van der Waals surface area contributed by atoms with Gasteiger partial charge < -0.3 is 9.40 Å². The molecule has 0 aliphatic carbocycles. The molecule has 0 aliphatic rings. The first-order chi connectivity index (χ1) is 6.84. The van der Waals surface area contributed by atoms with Crippen LogP contribution in [0.15, 0.2) is 40.3 Å². The fourth-order valence-electron chi connectivity index (χ4n) is 0.873. The number of nitrogens with one attached hydrogen (secondary N) is 2. The van der Waals surface area contributed by atoms with Crippen molar-refractivity contribution in [2.24, 2.45) is 0 Å². The van der Waals surface area contributed by atoms with Gasteiger partial charge in [0.25, 0.3) is 5.24 Å². The number of furan rings is 1. The average Bonchev–Trinajstić information content (AvgIpc) is 2.76. The topological polar surface area (TPSA) is 70.9 Å². The summed E-state index contributed by atoms with van der Waals surface area (Å²) < 4.78 is 4.83. The number of rotatable bonds is 2. The number of carbonyl (C=O) groups excluding carboxylic acids is 1. The smallest absolute Gasteiger partial charge is 0.290 e. The van der Waals surface area contributed by atoms with Gasteiger partial charge in [-0.15, -0.1) is 0 Å². The molecule has 0 unspecified atom stereocenters. The Hall–Kier alpha value is -1.69. The zero-order valence-electron chi connectivity index (χ0n) is 7.06. The molecule has 72 valence electrons. The molecule has 0 saturated heterocycles. The van der Waals surface area contributed by atoms with E-state index in [-0.39, 0.29) is 5.24 Å². The van der Waals surface area contributed by atoms with Crippen molar-refractivity contribution in [3.63, 3.8) is 0 Å². The van der Waals surface area contributed by atoms with Crippen LogP contribution < -0.4 is 5.32 Å². The van der Waals surface area contributed by atoms with Crippen molar-refractivity contribution in [3.05, 3.63) is 31.0 Å². The van der Waals surface area contributed by atoms with Crippen LogP contribution in [-0.4, -0.2) is 15.2 Å². The highest BCUT2D eigenvalue weighted by atomic mass is 32.2. The van der Waals surface area contributed by atoms with Crippen LogP contribution in [0.3, 0.4) is 0 Å². The lowest BCUT2D eigenvalue weighted by Gasteiger charge is -1.97. The molecule has 2 aromatic heterocycles. The molecule has 6 heteroatoms. The van der Waals surface area contributed by atoms with Gasteiger partial charge in [0.1, 0.15) is 6.26 Å². The van der Waals surface area contributed by atoms with Gasteiger partial charge in [0.15, 0.2) is 0 Å². The molecule has 2 heterocycles. The van der Waals surface area contributed by atoms with Crippen LogP contribution in [0.4, 0.5) is 10.7 Å². The molecule has 2 rings (SSSR count). The number of thioether (sulfide) groups is 1. The summed E-state index contributed by atoms with van der Waals surface area (Å²) >= 11 is 1.04. The number of aromatic nitrogens is 2. The highest BCUT2D eigenvalue weighted by molar-refractivity contribution is 8.13. The summed E-state index contributed by atoms with van der Waals surface area (Å²) in [6.45, 7) is 0. The highest BCUT2D eigenvalue weighted by Crippen LogP contribution is 2.19. The second-order valence-corrected chi connectivity index (χ2v) is 3.46. The van der Waals surface area contributed by atoms with E-state index >= 15 is 0 Å². The molecule has 5 nitrogen and oxygen atoms in total. The number of aromatic amines is 1. The second kappa shape index (κ2) is 4.01. The molecule has 0 bridgehead atoms. The summed E-state index contributed by atoms with van der Waals surface area (Å²) in [4.78, 5) is 18.7. The number of nitrogens with zero attached hydrogens (tertiary/aromatic N) is 1. The summed E-state index contributed by atoms with van der Waals surface area (Å²) in [5.41, 5.74) is 0. The number of imidazole rings is 1. The van der Waals surface area contributed by atoms with Gasteiger partial charge in [0.05, 0.1) is 11.2 Å². The van der Waals surface area contributed by atoms with Gasteiger partial charge in [0.2, 0.25) is 5.95 Å². The maximum absolute atomic E-state index is 11.3. The van der Waals surface area contributed by atoms with E-state index in [0.29, 0.717) is 5.95 Å². The number of H-pyrrole nitrogens is 1. The molecule has 2 N–H and O–H groups in total. The molecule has 0 fully saturated rings. The average molecular weight is 209 g/mol. The van der Waals surface area contributed by atoms with Crippen molar-refractivity contribution in [1.29, 1.82) is 0 Å². The van der Waals surface area contributed by atoms with E-state index in [2.05, 4.69) is 15.3 Å². The Morgan fingerprint density at radius 3 is 3.21 bits per heavy atom. The third kappa shape index (κ3) is 2.17. The van der Waals surface area contributed by atoms with Gasteiger partial charge in [0, 0.05) is 12.4 Å². The lowest BCUT2D eigenvalue weighted by Crippen LogP contribution is -2.05. The normalized spacial score (nSPS) is 10.0. The van der Waals surface area contributed by atoms with Gasteiger partial charge in [-0.2, -0.15) is 0 Å². The molecule has 0 spiro atoms. The largest absolute Gasteiger partial charge is 0.471 e. The molecule has 0 radical (unpaired) electrons. The van der Waals surface area contributed by atoms with Crippen LogP contribution in [0.5, 0.6) is 0 Å². The Labute approximate surface area is 83.9 Å². The summed E-state index contributed by atoms with van der Waals surface area (Å²) in [6.07, 6.45) is 6.23. The molecule has 1 amide bonds. The first kappa shape index (κ1) is 8.89. The predicted molar refractivity (Wildman–Crippen MR) is 52.2 cm³/mol. The molecule has 14 heavy (non-hydrogen) atoms. The third-order valence-corrected chi connectivity index (χ3v) is 2.18. The Morgan fingerprint density at radius 1 is 1.64 bits per heavy atom. The minimum absolute atomic E-state index is 0.207. The Kier molecular flexibility index (Phi) is 2.55. The summed E-state index contributed by atoms with van der Waals surface area (Å²) in [5.74, 6) is 0.436. The van der Waals surface area contributed by atoms with E-state index in [0.717, 1.165) is 16.7 Å². The molecule has 0 saturated carbocycles. The standard InChI is InChI=1S/C8H7N3O2S/c12-8(11-7-9-2-3-10-7)14-6-1-4-13-5-6/h1-5H,(H2,9,10,11,12). The second-order valence-electron chi connectivity index (χ2n) is 2.41. The fraction of sp³-hybridized carbons (Fsp3) is 0. The van der Waals surface area contributed by atoms with Crippen molar-refractivity contribution < 1.29 is 9.21 Å². The van der Waals surface area contributed by atoms with E-state index in [9.17, 15) is 4.79 Å². The Morgan fingerprint density at radius 2 is 2.57 bits per heavy atom. The summed E-state index contributed by atoms with van der Waals surface area (Å²) in [5, 5.41) is 2.37. The first-order valence-corrected chi connectivity index (χ1v) is 4.66. The molecule has 0 atom stereocenters. The van der Waals surface area contributed by atoms with Crippen molar-refractivity contribution in [2.75, 3.05) is 5.32 Å². The van der Waals surface area contributed by atoms with E-state index < -0.39 is 0 Å². The fourth-order valence-corrected chi connectivity index (χ4v) is 1.46. The van der Waals surface area contributed by atoms with Gasteiger partial charge >= 0.3 is 0 Å².